The maximum Gasteiger partial charge on any atom is 0.252 e. The van der Waals surface area contributed by atoms with Gasteiger partial charge in [-0.2, -0.15) is 0 Å². The summed E-state index contributed by atoms with van der Waals surface area (Å²) in [7, 11) is 0. The molecule has 2 rings (SSSR count). The topological polar surface area (TPSA) is 77.2 Å². The van der Waals surface area contributed by atoms with Gasteiger partial charge in [-0.05, 0) is 30.9 Å². The van der Waals surface area contributed by atoms with Gasteiger partial charge in [0.2, 0.25) is 0 Å². The Kier molecular flexibility index (Phi) is 3.93. The van der Waals surface area contributed by atoms with Crippen molar-refractivity contribution in [2.45, 2.75) is 12.8 Å². The predicted molar refractivity (Wildman–Crippen MR) is 64.8 cm³/mol. The molecule has 0 spiro atoms. The molecule has 3 N–H and O–H groups in total. The van der Waals surface area contributed by atoms with Crippen LogP contribution >= 0.6 is 0 Å². The summed E-state index contributed by atoms with van der Waals surface area (Å²) >= 11 is 0. The zero-order chi connectivity index (χ0) is 12.1. The number of primary amides is 1. The van der Waals surface area contributed by atoms with E-state index in [2.05, 4.69) is 10.3 Å². The van der Waals surface area contributed by atoms with Crippen molar-refractivity contribution in [1.82, 2.24) is 4.98 Å². The van der Waals surface area contributed by atoms with Crippen LogP contribution in [0.1, 0.15) is 23.2 Å². The Morgan fingerprint density at radius 2 is 2.53 bits per heavy atom. The van der Waals surface area contributed by atoms with Crippen LogP contribution in [-0.2, 0) is 4.74 Å². The average Bonchev–Trinajstić information content (AvgIpc) is 2.38. The Labute approximate surface area is 100 Å². The molecule has 92 valence electrons. The number of pyridine rings is 1. The maximum atomic E-state index is 11.2. The Bertz CT molecular complexity index is 389. The van der Waals surface area contributed by atoms with Crippen molar-refractivity contribution in [3.8, 4) is 0 Å². The van der Waals surface area contributed by atoms with Gasteiger partial charge in [-0.3, -0.25) is 4.79 Å². The predicted octanol–water partition coefficient (Wildman–Crippen LogP) is 1.02. The van der Waals surface area contributed by atoms with Gasteiger partial charge in [0.1, 0.15) is 5.82 Å². The third-order valence-electron chi connectivity index (χ3n) is 2.89. The van der Waals surface area contributed by atoms with E-state index in [0.717, 1.165) is 32.6 Å². The van der Waals surface area contributed by atoms with Crippen molar-refractivity contribution >= 4 is 11.7 Å². The van der Waals surface area contributed by atoms with Crippen molar-refractivity contribution < 1.29 is 9.53 Å². The van der Waals surface area contributed by atoms with Gasteiger partial charge in [0.05, 0.1) is 12.2 Å². The van der Waals surface area contributed by atoms with Gasteiger partial charge >= 0.3 is 0 Å². The minimum Gasteiger partial charge on any atom is -0.381 e. The fourth-order valence-electron chi connectivity index (χ4n) is 1.95. The lowest BCUT2D eigenvalue weighted by Crippen LogP contribution is -2.25. The highest BCUT2D eigenvalue weighted by atomic mass is 16.5. The molecule has 2 heterocycles. The molecule has 1 aliphatic rings. The molecule has 0 radical (unpaired) electrons. The molecule has 0 aromatic carbocycles. The molecule has 1 unspecified atom stereocenters. The number of nitrogens with zero attached hydrogens (tertiary/aromatic N) is 1. The first-order valence-corrected chi connectivity index (χ1v) is 5.84. The van der Waals surface area contributed by atoms with Gasteiger partial charge in [-0.15, -0.1) is 0 Å². The highest BCUT2D eigenvalue weighted by molar-refractivity contribution is 5.97. The number of aromatic nitrogens is 1. The molecule has 17 heavy (non-hydrogen) atoms. The average molecular weight is 235 g/mol. The Hall–Kier alpha value is -1.62. The van der Waals surface area contributed by atoms with Gasteiger partial charge < -0.3 is 15.8 Å². The summed E-state index contributed by atoms with van der Waals surface area (Å²) in [5.74, 6) is 0.581. The number of nitrogens with two attached hydrogens (primary N) is 1. The first-order chi connectivity index (χ1) is 8.27. The van der Waals surface area contributed by atoms with Crippen molar-refractivity contribution in [2.75, 3.05) is 25.1 Å². The zero-order valence-corrected chi connectivity index (χ0v) is 9.69. The van der Waals surface area contributed by atoms with Crippen LogP contribution in [0.5, 0.6) is 0 Å². The van der Waals surface area contributed by atoms with Crippen molar-refractivity contribution in [1.29, 1.82) is 0 Å². The van der Waals surface area contributed by atoms with E-state index in [0.29, 0.717) is 17.3 Å². The van der Waals surface area contributed by atoms with Crippen molar-refractivity contribution in [3.05, 3.63) is 23.9 Å². The molecule has 0 saturated carbocycles. The lowest BCUT2D eigenvalue weighted by atomic mass is 10.0. The fourth-order valence-corrected chi connectivity index (χ4v) is 1.95. The van der Waals surface area contributed by atoms with Crippen molar-refractivity contribution in [3.63, 3.8) is 0 Å². The number of ether oxygens (including phenoxy) is 1. The van der Waals surface area contributed by atoms with Crippen LogP contribution in [-0.4, -0.2) is 30.6 Å². The number of carbonyl (C=O) groups excluding carboxylic acids is 1. The van der Waals surface area contributed by atoms with Crippen LogP contribution in [0.3, 0.4) is 0 Å². The normalized spacial score (nSPS) is 19.9. The lowest BCUT2D eigenvalue weighted by molar-refractivity contribution is 0.0595. The molecular weight excluding hydrogens is 218 g/mol. The van der Waals surface area contributed by atoms with Crippen LogP contribution in [0.2, 0.25) is 0 Å². The monoisotopic (exact) mass is 235 g/mol. The third kappa shape index (κ3) is 3.17. The minimum atomic E-state index is -0.458. The second kappa shape index (κ2) is 5.63. The number of anilines is 1. The Morgan fingerprint density at radius 3 is 3.24 bits per heavy atom. The SMILES string of the molecule is NC(=O)c1cccnc1NCC1CCCOC1. The summed E-state index contributed by atoms with van der Waals surface area (Å²) in [6.07, 6.45) is 3.88. The Balaban J connectivity index is 1.96. The molecule has 1 aromatic rings. The van der Waals surface area contributed by atoms with Gasteiger partial charge in [0, 0.05) is 19.3 Å². The first-order valence-electron chi connectivity index (χ1n) is 5.84. The molecule has 5 nitrogen and oxygen atoms in total. The number of nitrogens with one attached hydrogen (secondary N) is 1. The van der Waals surface area contributed by atoms with E-state index >= 15 is 0 Å². The number of rotatable bonds is 4. The highest BCUT2D eigenvalue weighted by Gasteiger charge is 2.15. The summed E-state index contributed by atoms with van der Waals surface area (Å²) in [5, 5.41) is 3.17. The summed E-state index contributed by atoms with van der Waals surface area (Å²) in [6, 6.07) is 3.38. The van der Waals surface area contributed by atoms with Gasteiger partial charge in [0.25, 0.3) is 5.91 Å². The van der Waals surface area contributed by atoms with Crippen LogP contribution in [0.15, 0.2) is 18.3 Å². The number of amides is 1. The Morgan fingerprint density at radius 1 is 1.65 bits per heavy atom. The van der Waals surface area contributed by atoms with E-state index in [9.17, 15) is 4.79 Å². The van der Waals surface area contributed by atoms with E-state index < -0.39 is 5.91 Å². The lowest BCUT2D eigenvalue weighted by Gasteiger charge is -2.22. The van der Waals surface area contributed by atoms with E-state index in [4.69, 9.17) is 10.5 Å². The quantitative estimate of drug-likeness (QED) is 0.816. The van der Waals surface area contributed by atoms with Crippen LogP contribution in [0.4, 0.5) is 5.82 Å². The summed E-state index contributed by atoms with van der Waals surface area (Å²) in [5.41, 5.74) is 5.71. The second-order valence-electron chi connectivity index (χ2n) is 4.23. The third-order valence-corrected chi connectivity index (χ3v) is 2.89. The summed E-state index contributed by atoms with van der Waals surface area (Å²) < 4.78 is 5.40. The molecule has 1 atom stereocenters. The molecule has 0 aliphatic carbocycles. The molecule has 1 saturated heterocycles. The van der Waals surface area contributed by atoms with Gasteiger partial charge in [0.15, 0.2) is 0 Å². The van der Waals surface area contributed by atoms with E-state index in [1.807, 2.05) is 0 Å². The maximum absolute atomic E-state index is 11.2. The largest absolute Gasteiger partial charge is 0.381 e. The molecule has 1 amide bonds. The standard InChI is InChI=1S/C12H17N3O2/c13-11(16)10-4-1-5-14-12(10)15-7-9-3-2-6-17-8-9/h1,4-5,9H,2-3,6-8H2,(H2,13,16)(H,14,15). The molecule has 1 aliphatic heterocycles. The zero-order valence-electron chi connectivity index (χ0n) is 9.69. The van der Waals surface area contributed by atoms with Gasteiger partial charge in [-0.1, -0.05) is 0 Å². The first kappa shape index (κ1) is 11.9. The smallest absolute Gasteiger partial charge is 0.252 e. The molecule has 0 bridgehead atoms. The molecule has 1 aromatic heterocycles. The highest BCUT2D eigenvalue weighted by Crippen LogP contribution is 2.16. The molecule has 1 fully saturated rings. The van der Waals surface area contributed by atoms with Gasteiger partial charge in [-0.25, -0.2) is 4.98 Å². The van der Waals surface area contributed by atoms with E-state index in [1.54, 1.807) is 18.3 Å². The van der Waals surface area contributed by atoms with Crippen LogP contribution < -0.4 is 11.1 Å². The van der Waals surface area contributed by atoms with E-state index in [1.165, 1.54) is 0 Å². The number of carbonyl (C=O) groups is 1. The number of hydrogen-bond donors (Lipinski definition) is 2. The second-order valence-corrected chi connectivity index (χ2v) is 4.23. The van der Waals surface area contributed by atoms with E-state index in [-0.39, 0.29) is 0 Å². The molecule has 5 heteroatoms. The van der Waals surface area contributed by atoms with Crippen molar-refractivity contribution in [2.24, 2.45) is 11.7 Å². The minimum absolute atomic E-state index is 0.434. The molecular formula is C12H17N3O2. The summed E-state index contributed by atoms with van der Waals surface area (Å²) in [6.45, 7) is 2.38. The van der Waals surface area contributed by atoms with Crippen LogP contribution in [0, 0.1) is 5.92 Å². The summed E-state index contributed by atoms with van der Waals surface area (Å²) in [4.78, 5) is 15.3. The fraction of sp³-hybridized carbons (Fsp3) is 0.500. The van der Waals surface area contributed by atoms with Crippen LogP contribution in [0.25, 0.3) is 0 Å². The number of hydrogen-bond acceptors (Lipinski definition) is 4.